The molecule has 0 aliphatic carbocycles. The largest absolute Gasteiger partial charge is 0.325 e. The number of thioether (sulfide) groups is 1. The van der Waals surface area contributed by atoms with Crippen LogP contribution in [0.4, 0.5) is 11.4 Å². The summed E-state index contributed by atoms with van der Waals surface area (Å²) in [6.45, 7) is 2.81. The fourth-order valence-corrected chi connectivity index (χ4v) is 4.13. The summed E-state index contributed by atoms with van der Waals surface area (Å²) in [5.41, 5.74) is 0.0615. The SMILES string of the molecule is CCCn1c(SCC(=O)Nc2ccc(Cl)c([N+](=O)[O-])c2)nnc1-c1cccs1. The number of anilines is 1. The number of aromatic nitrogens is 3. The smallest absolute Gasteiger partial charge is 0.289 e. The molecule has 0 saturated carbocycles. The van der Waals surface area contributed by atoms with Gasteiger partial charge in [0, 0.05) is 18.3 Å². The lowest BCUT2D eigenvalue weighted by Crippen LogP contribution is -2.15. The Morgan fingerprint density at radius 2 is 2.21 bits per heavy atom. The highest BCUT2D eigenvalue weighted by Crippen LogP contribution is 2.29. The number of hydrogen-bond donors (Lipinski definition) is 1. The molecule has 0 spiro atoms. The van der Waals surface area contributed by atoms with E-state index in [1.165, 1.54) is 30.0 Å². The van der Waals surface area contributed by atoms with Crippen LogP contribution < -0.4 is 5.32 Å². The van der Waals surface area contributed by atoms with Crippen molar-refractivity contribution in [2.75, 3.05) is 11.1 Å². The van der Waals surface area contributed by atoms with Gasteiger partial charge in [-0.15, -0.1) is 21.5 Å². The maximum Gasteiger partial charge on any atom is 0.289 e. The molecule has 0 aliphatic rings. The summed E-state index contributed by atoms with van der Waals surface area (Å²) < 4.78 is 2.00. The van der Waals surface area contributed by atoms with Gasteiger partial charge >= 0.3 is 0 Å². The van der Waals surface area contributed by atoms with E-state index in [9.17, 15) is 14.9 Å². The molecule has 2 aromatic heterocycles. The van der Waals surface area contributed by atoms with Gasteiger partial charge in [-0.05, 0) is 30.0 Å². The number of thiophene rings is 1. The van der Waals surface area contributed by atoms with Gasteiger partial charge < -0.3 is 9.88 Å². The molecular weight excluding hydrogens is 422 g/mol. The van der Waals surface area contributed by atoms with E-state index >= 15 is 0 Å². The molecule has 1 N–H and O–H groups in total. The molecule has 0 aliphatic heterocycles. The minimum Gasteiger partial charge on any atom is -0.325 e. The minimum absolute atomic E-state index is 0.0196. The van der Waals surface area contributed by atoms with Crippen LogP contribution in [0, 0.1) is 10.1 Å². The van der Waals surface area contributed by atoms with Crippen molar-refractivity contribution in [1.82, 2.24) is 14.8 Å². The normalized spacial score (nSPS) is 10.8. The van der Waals surface area contributed by atoms with Crippen molar-refractivity contribution in [3.05, 3.63) is 50.8 Å². The molecule has 0 unspecified atom stereocenters. The van der Waals surface area contributed by atoms with Gasteiger partial charge in [0.25, 0.3) is 5.69 Å². The van der Waals surface area contributed by atoms with Crippen LogP contribution in [0.1, 0.15) is 13.3 Å². The van der Waals surface area contributed by atoms with Gasteiger partial charge in [-0.1, -0.05) is 36.4 Å². The topological polar surface area (TPSA) is 103 Å². The van der Waals surface area contributed by atoms with Crippen LogP contribution >= 0.6 is 34.7 Å². The Morgan fingerprint density at radius 3 is 2.89 bits per heavy atom. The average Bonchev–Trinajstić information content (AvgIpc) is 3.31. The van der Waals surface area contributed by atoms with E-state index in [0.29, 0.717) is 10.8 Å². The van der Waals surface area contributed by atoms with E-state index in [2.05, 4.69) is 22.4 Å². The van der Waals surface area contributed by atoms with E-state index in [0.717, 1.165) is 23.7 Å². The van der Waals surface area contributed by atoms with Gasteiger partial charge in [-0.25, -0.2) is 0 Å². The second kappa shape index (κ2) is 9.18. The molecule has 0 fully saturated rings. The van der Waals surface area contributed by atoms with Crippen LogP contribution in [0.3, 0.4) is 0 Å². The number of rotatable bonds is 8. The summed E-state index contributed by atoms with van der Waals surface area (Å²) in [7, 11) is 0. The third-order valence-corrected chi connectivity index (χ3v) is 5.82. The summed E-state index contributed by atoms with van der Waals surface area (Å²) in [5.74, 6) is 0.585. The lowest BCUT2D eigenvalue weighted by Gasteiger charge is -2.08. The van der Waals surface area contributed by atoms with Crippen LogP contribution in [-0.4, -0.2) is 31.3 Å². The Labute approximate surface area is 174 Å². The maximum absolute atomic E-state index is 12.3. The molecule has 0 atom stereocenters. The first-order chi connectivity index (χ1) is 13.5. The first kappa shape index (κ1) is 20.3. The number of halogens is 1. The Kier molecular flexibility index (Phi) is 6.65. The molecule has 3 rings (SSSR count). The molecule has 28 heavy (non-hydrogen) atoms. The zero-order valence-electron chi connectivity index (χ0n) is 14.8. The molecule has 8 nitrogen and oxygen atoms in total. The molecule has 0 bridgehead atoms. The number of nitrogens with zero attached hydrogens (tertiary/aromatic N) is 4. The van der Waals surface area contributed by atoms with E-state index in [4.69, 9.17) is 11.6 Å². The van der Waals surface area contributed by atoms with Crippen LogP contribution in [-0.2, 0) is 11.3 Å². The second-order valence-corrected chi connectivity index (χ2v) is 7.99. The van der Waals surface area contributed by atoms with Crippen LogP contribution in [0.5, 0.6) is 0 Å². The monoisotopic (exact) mass is 437 g/mol. The molecule has 0 radical (unpaired) electrons. The summed E-state index contributed by atoms with van der Waals surface area (Å²) >= 11 is 8.64. The van der Waals surface area contributed by atoms with Crippen molar-refractivity contribution in [2.45, 2.75) is 25.0 Å². The van der Waals surface area contributed by atoms with Gasteiger partial charge in [-0.2, -0.15) is 0 Å². The van der Waals surface area contributed by atoms with Crippen molar-refractivity contribution in [3.8, 4) is 10.7 Å². The third kappa shape index (κ3) is 4.70. The predicted octanol–water partition coefficient (Wildman–Crippen LogP) is 4.71. The quantitative estimate of drug-likeness (QED) is 0.311. The maximum atomic E-state index is 12.3. The van der Waals surface area contributed by atoms with Crippen LogP contribution in [0.15, 0.2) is 40.9 Å². The van der Waals surface area contributed by atoms with E-state index in [1.807, 2.05) is 22.1 Å². The van der Waals surface area contributed by atoms with Gasteiger partial charge in [-0.3, -0.25) is 14.9 Å². The minimum atomic E-state index is -0.591. The lowest BCUT2D eigenvalue weighted by molar-refractivity contribution is -0.384. The summed E-state index contributed by atoms with van der Waals surface area (Å²) in [6.07, 6.45) is 0.907. The van der Waals surface area contributed by atoms with Gasteiger partial charge in [0.05, 0.1) is 15.6 Å². The zero-order valence-corrected chi connectivity index (χ0v) is 17.2. The number of benzene rings is 1. The number of hydrogen-bond acceptors (Lipinski definition) is 7. The van der Waals surface area contributed by atoms with E-state index in [-0.39, 0.29) is 22.4 Å². The third-order valence-electron chi connectivity index (χ3n) is 3.66. The van der Waals surface area contributed by atoms with Crippen LogP contribution in [0.2, 0.25) is 5.02 Å². The van der Waals surface area contributed by atoms with E-state index < -0.39 is 4.92 Å². The molecule has 0 saturated heterocycles. The average molecular weight is 438 g/mol. The highest BCUT2D eigenvalue weighted by atomic mass is 35.5. The number of amides is 1. The van der Waals surface area contributed by atoms with Crippen molar-refractivity contribution in [2.24, 2.45) is 0 Å². The zero-order chi connectivity index (χ0) is 20.1. The summed E-state index contributed by atoms with van der Waals surface area (Å²) in [4.78, 5) is 23.7. The Hall–Kier alpha value is -2.43. The molecule has 146 valence electrons. The second-order valence-electron chi connectivity index (χ2n) is 5.70. The Morgan fingerprint density at radius 1 is 1.39 bits per heavy atom. The number of nitro benzene ring substituents is 1. The lowest BCUT2D eigenvalue weighted by atomic mass is 10.3. The fourth-order valence-electron chi connectivity index (χ4n) is 2.47. The summed E-state index contributed by atoms with van der Waals surface area (Å²) in [6, 6.07) is 8.07. The molecule has 2 heterocycles. The van der Waals surface area contributed by atoms with Crippen molar-refractivity contribution < 1.29 is 9.72 Å². The first-order valence-corrected chi connectivity index (χ1v) is 10.6. The number of nitro groups is 1. The molecular formula is C17H16ClN5O3S2. The number of nitrogens with one attached hydrogen (secondary N) is 1. The van der Waals surface area contributed by atoms with Crippen molar-refractivity contribution >= 4 is 52.0 Å². The van der Waals surface area contributed by atoms with Gasteiger partial charge in [0.2, 0.25) is 5.91 Å². The highest BCUT2D eigenvalue weighted by Gasteiger charge is 2.17. The molecule has 11 heteroatoms. The molecule has 1 amide bonds. The van der Waals surface area contributed by atoms with Gasteiger partial charge in [0.15, 0.2) is 11.0 Å². The number of carbonyl (C=O) groups excluding carboxylic acids is 1. The number of carbonyl (C=O) groups is 1. The Bertz CT molecular complexity index is 991. The molecule has 1 aromatic carbocycles. The summed E-state index contributed by atoms with van der Waals surface area (Å²) in [5, 5.41) is 24.7. The molecule has 3 aromatic rings. The standard InChI is InChI=1S/C17H16ClN5O3S2/c1-2-7-22-16(14-4-3-8-27-14)20-21-17(22)28-10-15(24)19-11-5-6-12(18)13(9-11)23(25)26/h3-6,8-9H,2,7,10H2,1H3,(H,19,24). The van der Waals surface area contributed by atoms with E-state index in [1.54, 1.807) is 11.3 Å². The van der Waals surface area contributed by atoms with Crippen molar-refractivity contribution in [1.29, 1.82) is 0 Å². The van der Waals surface area contributed by atoms with Gasteiger partial charge in [0.1, 0.15) is 5.02 Å². The Balaban J connectivity index is 1.68. The van der Waals surface area contributed by atoms with Crippen LogP contribution in [0.25, 0.3) is 10.7 Å². The highest BCUT2D eigenvalue weighted by molar-refractivity contribution is 7.99. The van der Waals surface area contributed by atoms with Crippen molar-refractivity contribution in [3.63, 3.8) is 0 Å². The predicted molar refractivity (Wildman–Crippen MR) is 111 cm³/mol. The fraction of sp³-hybridized carbons (Fsp3) is 0.235. The first-order valence-electron chi connectivity index (χ1n) is 8.33.